The fraction of sp³-hybridized carbons (Fsp3) is 0.476. The first-order valence-electron chi connectivity index (χ1n) is 9.45. The second kappa shape index (κ2) is 7.16. The van der Waals surface area contributed by atoms with Crippen molar-refractivity contribution in [3.63, 3.8) is 0 Å². The van der Waals surface area contributed by atoms with Crippen molar-refractivity contribution in [2.75, 3.05) is 26.7 Å². The van der Waals surface area contributed by atoms with Crippen molar-refractivity contribution in [1.29, 1.82) is 0 Å². The molecule has 2 aromatic rings. The van der Waals surface area contributed by atoms with E-state index in [1.807, 2.05) is 23.2 Å². The smallest absolute Gasteiger partial charge is 0.227 e. The Hall–Kier alpha value is -2.27. The van der Waals surface area contributed by atoms with Crippen LogP contribution < -0.4 is 0 Å². The van der Waals surface area contributed by atoms with E-state index in [1.165, 1.54) is 5.56 Å². The first-order valence-corrected chi connectivity index (χ1v) is 9.45. The van der Waals surface area contributed by atoms with Gasteiger partial charge in [0.05, 0.1) is 12.1 Å². The molecule has 0 saturated carbocycles. The summed E-state index contributed by atoms with van der Waals surface area (Å²) in [6.45, 7) is 5.60. The lowest BCUT2D eigenvalue weighted by atomic mass is 10.0. The number of carbonyl (C=O) groups excluding carboxylic acids is 1. The predicted octanol–water partition coefficient (Wildman–Crippen LogP) is 2.33. The number of likely N-dealkylation sites (N-methyl/N-ethyl adjacent to an activating group) is 1. The zero-order valence-electron chi connectivity index (χ0n) is 15.6. The molecule has 0 aliphatic carbocycles. The molecule has 0 bridgehead atoms. The number of nitrogens with zero attached hydrogens (tertiary/aromatic N) is 4. The highest BCUT2D eigenvalue weighted by molar-refractivity contribution is 5.79. The first-order chi connectivity index (χ1) is 12.6. The average Bonchev–Trinajstić information content (AvgIpc) is 3.07. The molecule has 1 saturated heterocycles. The number of benzene rings is 1. The third kappa shape index (κ3) is 3.63. The zero-order valence-corrected chi connectivity index (χ0v) is 15.6. The molecule has 136 valence electrons. The molecule has 1 aromatic heterocycles. The highest BCUT2D eigenvalue weighted by Gasteiger charge is 2.26. The molecule has 0 unspecified atom stereocenters. The van der Waals surface area contributed by atoms with Gasteiger partial charge in [-0.15, -0.1) is 0 Å². The van der Waals surface area contributed by atoms with E-state index in [2.05, 4.69) is 36.0 Å². The van der Waals surface area contributed by atoms with Crippen LogP contribution in [0.25, 0.3) is 0 Å². The van der Waals surface area contributed by atoms with Gasteiger partial charge in [-0.3, -0.25) is 4.79 Å². The molecule has 3 heterocycles. The Labute approximate surface area is 155 Å². The Morgan fingerprint density at radius 3 is 2.96 bits per heavy atom. The van der Waals surface area contributed by atoms with E-state index in [-0.39, 0.29) is 5.91 Å². The van der Waals surface area contributed by atoms with Crippen molar-refractivity contribution < 1.29 is 4.79 Å². The standard InChI is InChI=1S/C21H26N4O/c1-15-4-3-5-16(10-15)11-20(26)25-9-7-19-18(14-25)12-22-21(23-19)17-6-8-24(2)13-17/h3-5,10,12,17H,6-9,11,13-14H2,1-2H3/t17-/m0/s1. The van der Waals surface area contributed by atoms with Crippen molar-refractivity contribution in [3.05, 3.63) is 58.7 Å². The van der Waals surface area contributed by atoms with Gasteiger partial charge in [-0.1, -0.05) is 29.8 Å². The topological polar surface area (TPSA) is 49.3 Å². The van der Waals surface area contributed by atoms with Crippen LogP contribution in [-0.4, -0.2) is 52.4 Å². The highest BCUT2D eigenvalue weighted by Crippen LogP contribution is 2.25. The van der Waals surface area contributed by atoms with Gasteiger partial charge < -0.3 is 9.80 Å². The molecule has 5 heteroatoms. The number of rotatable bonds is 3. The Morgan fingerprint density at radius 1 is 1.31 bits per heavy atom. The van der Waals surface area contributed by atoms with Crippen LogP contribution in [-0.2, 0) is 24.2 Å². The largest absolute Gasteiger partial charge is 0.338 e. The van der Waals surface area contributed by atoms with Gasteiger partial charge in [0, 0.05) is 43.7 Å². The Bertz CT molecular complexity index is 819. The van der Waals surface area contributed by atoms with Gasteiger partial charge >= 0.3 is 0 Å². The molecule has 26 heavy (non-hydrogen) atoms. The van der Waals surface area contributed by atoms with Crippen LogP contribution in [0.15, 0.2) is 30.5 Å². The van der Waals surface area contributed by atoms with Gasteiger partial charge in [-0.2, -0.15) is 0 Å². The zero-order chi connectivity index (χ0) is 18.1. The third-order valence-corrected chi connectivity index (χ3v) is 5.50. The van der Waals surface area contributed by atoms with Crippen LogP contribution >= 0.6 is 0 Å². The Morgan fingerprint density at radius 2 is 2.19 bits per heavy atom. The summed E-state index contributed by atoms with van der Waals surface area (Å²) in [4.78, 5) is 26.4. The minimum Gasteiger partial charge on any atom is -0.338 e. The Balaban J connectivity index is 1.43. The lowest BCUT2D eigenvalue weighted by Gasteiger charge is -2.28. The molecule has 1 fully saturated rings. The maximum absolute atomic E-state index is 12.7. The lowest BCUT2D eigenvalue weighted by molar-refractivity contribution is -0.131. The molecule has 0 N–H and O–H groups in total. The summed E-state index contributed by atoms with van der Waals surface area (Å²) < 4.78 is 0. The molecule has 0 radical (unpaired) electrons. The maximum atomic E-state index is 12.7. The van der Waals surface area contributed by atoms with Crippen molar-refractivity contribution in [2.45, 2.75) is 38.6 Å². The number of fused-ring (bicyclic) bond motifs is 1. The predicted molar refractivity (Wildman–Crippen MR) is 101 cm³/mol. The molecular weight excluding hydrogens is 324 g/mol. The number of likely N-dealkylation sites (tertiary alicyclic amines) is 1. The quantitative estimate of drug-likeness (QED) is 0.852. The van der Waals surface area contributed by atoms with Crippen LogP contribution in [0.1, 0.15) is 40.5 Å². The molecular formula is C21H26N4O. The van der Waals surface area contributed by atoms with E-state index in [9.17, 15) is 4.79 Å². The molecule has 2 aliphatic heterocycles. The summed E-state index contributed by atoms with van der Waals surface area (Å²) in [6, 6.07) is 8.18. The molecule has 0 spiro atoms. The van der Waals surface area contributed by atoms with E-state index >= 15 is 0 Å². The number of carbonyl (C=O) groups is 1. The van der Waals surface area contributed by atoms with Gasteiger partial charge in [-0.05, 0) is 32.5 Å². The number of hydrogen-bond donors (Lipinski definition) is 0. The third-order valence-electron chi connectivity index (χ3n) is 5.50. The second-order valence-electron chi connectivity index (χ2n) is 7.68. The highest BCUT2D eigenvalue weighted by atomic mass is 16.2. The molecule has 4 rings (SSSR count). The van der Waals surface area contributed by atoms with Crippen LogP contribution in [0.5, 0.6) is 0 Å². The van der Waals surface area contributed by atoms with E-state index < -0.39 is 0 Å². The number of aryl methyl sites for hydroxylation is 1. The Kier molecular flexibility index (Phi) is 4.72. The van der Waals surface area contributed by atoms with Crippen LogP contribution in [0.2, 0.25) is 0 Å². The SMILES string of the molecule is Cc1cccc(CC(=O)N2CCc3nc([C@H]4CCN(C)C4)ncc3C2)c1. The van der Waals surface area contributed by atoms with Gasteiger partial charge in [0.1, 0.15) is 5.82 Å². The molecule has 1 aromatic carbocycles. The molecule has 1 amide bonds. The lowest BCUT2D eigenvalue weighted by Crippen LogP contribution is -2.37. The average molecular weight is 350 g/mol. The monoisotopic (exact) mass is 350 g/mol. The van der Waals surface area contributed by atoms with Gasteiger partial charge in [0.25, 0.3) is 0 Å². The van der Waals surface area contributed by atoms with Gasteiger partial charge in [0.15, 0.2) is 0 Å². The molecule has 1 atom stereocenters. The second-order valence-corrected chi connectivity index (χ2v) is 7.68. The minimum absolute atomic E-state index is 0.183. The number of aromatic nitrogens is 2. The van der Waals surface area contributed by atoms with Crippen molar-refractivity contribution >= 4 is 5.91 Å². The van der Waals surface area contributed by atoms with Gasteiger partial charge in [0.2, 0.25) is 5.91 Å². The summed E-state index contributed by atoms with van der Waals surface area (Å²) in [6.07, 6.45) is 4.37. The van der Waals surface area contributed by atoms with E-state index in [1.54, 1.807) is 0 Å². The fourth-order valence-corrected chi connectivity index (χ4v) is 4.00. The summed E-state index contributed by atoms with van der Waals surface area (Å²) in [7, 11) is 2.15. The maximum Gasteiger partial charge on any atom is 0.227 e. The van der Waals surface area contributed by atoms with Crippen LogP contribution in [0, 0.1) is 6.92 Å². The number of amides is 1. The van der Waals surface area contributed by atoms with Crippen molar-refractivity contribution in [2.24, 2.45) is 0 Å². The van der Waals surface area contributed by atoms with Crippen molar-refractivity contribution in [1.82, 2.24) is 19.8 Å². The van der Waals surface area contributed by atoms with Crippen LogP contribution in [0.3, 0.4) is 0 Å². The normalized spacial score (nSPS) is 20.2. The van der Waals surface area contributed by atoms with E-state index in [4.69, 9.17) is 4.98 Å². The summed E-state index contributed by atoms with van der Waals surface area (Å²) in [5.41, 5.74) is 4.50. The van der Waals surface area contributed by atoms with Gasteiger partial charge in [-0.25, -0.2) is 9.97 Å². The number of hydrogen-bond acceptors (Lipinski definition) is 4. The van der Waals surface area contributed by atoms with Crippen molar-refractivity contribution in [3.8, 4) is 0 Å². The summed E-state index contributed by atoms with van der Waals surface area (Å²) in [5.74, 6) is 1.61. The summed E-state index contributed by atoms with van der Waals surface area (Å²) >= 11 is 0. The molecule has 5 nitrogen and oxygen atoms in total. The first kappa shape index (κ1) is 17.2. The fourth-order valence-electron chi connectivity index (χ4n) is 4.00. The van der Waals surface area contributed by atoms with E-state index in [0.717, 1.165) is 55.1 Å². The molecule has 2 aliphatic rings. The van der Waals surface area contributed by atoms with Crippen LogP contribution in [0.4, 0.5) is 0 Å². The minimum atomic E-state index is 0.183. The van der Waals surface area contributed by atoms with E-state index in [0.29, 0.717) is 18.9 Å². The summed E-state index contributed by atoms with van der Waals surface area (Å²) in [5, 5.41) is 0.